The summed E-state index contributed by atoms with van der Waals surface area (Å²) in [6, 6.07) is 7.48. The molecule has 0 heterocycles. The van der Waals surface area contributed by atoms with Gasteiger partial charge in [0.1, 0.15) is 5.75 Å². The molecule has 0 spiro atoms. The lowest BCUT2D eigenvalue weighted by Gasteiger charge is -2.19. The first kappa shape index (κ1) is 10.6. The molecule has 1 aromatic carbocycles. The fourth-order valence-corrected chi connectivity index (χ4v) is 1.37. The Morgan fingerprint density at radius 3 is 2.71 bits per heavy atom. The van der Waals surface area contributed by atoms with E-state index in [0.717, 1.165) is 11.4 Å². The Morgan fingerprint density at radius 1 is 1.50 bits per heavy atom. The van der Waals surface area contributed by atoms with E-state index in [1.54, 1.807) is 18.9 Å². The van der Waals surface area contributed by atoms with E-state index in [1.165, 1.54) is 0 Å². The summed E-state index contributed by atoms with van der Waals surface area (Å²) in [4.78, 5) is 13.0. The van der Waals surface area contributed by atoms with Crippen LogP contribution in [0.2, 0.25) is 0 Å². The zero-order valence-corrected chi connectivity index (χ0v) is 8.78. The molecule has 14 heavy (non-hydrogen) atoms. The Kier molecular flexibility index (Phi) is 3.51. The van der Waals surface area contributed by atoms with Gasteiger partial charge in [-0.15, -0.1) is 0 Å². The predicted octanol–water partition coefficient (Wildman–Crippen LogP) is 2.07. The average Bonchev–Trinajstić information content (AvgIpc) is 2.19. The van der Waals surface area contributed by atoms with E-state index in [-0.39, 0.29) is 5.91 Å². The first-order chi connectivity index (χ1) is 6.69. The summed E-state index contributed by atoms with van der Waals surface area (Å²) < 4.78 is 5.09. The number of carbonyl (C=O) groups is 1. The van der Waals surface area contributed by atoms with Gasteiger partial charge >= 0.3 is 0 Å². The molecule has 0 unspecified atom stereocenters. The lowest BCUT2D eigenvalue weighted by Crippen LogP contribution is -2.27. The molecule has 0 bridgehead atoms. The van der Waals surface area contributed by atoms with Crippen molar-refractivity contribution in [3.05, 3.63) is 24.3 Å². The second-order valence-electron chi connectivity index (χ2n) is 2.96. The molecule has 76 valence electrons. The monoisotopic (exact) mass is 193 g/mol. The zero-order chi connectivity index (χ0) is 10.6. The van der Waals surface area contributed by atoms with Gasteiger partial charge in [-0.05, 0) is 19.1 Å². The highest BCUT2D eigenvalue weighted by Crippen LogP contribution is 2.20. The summed E-state index contributed by atoms with van der Waals surface area (Å²) in [5.74, 6) is 0.808. The minimum absolute atomic E-state index is 0.0424. The Balaban J connectivity index is 2.98. The number of benzene rings is 1. The maximum atomic E-state index is 11.3. The molecule has 0 fully saturated rings. The number of amides is 1. The van der Waals surface area contributed by atoms with Crippen molar-refractivity contribution in [1.29, 1.82) is 0 Å². The number of rotatable bonds is 3. The Hall–Kier alpha value is -1.51. The smallest absolute Gasteiger partial charge is 0.223 e. The van der Waals surface area contributed by atoms with Gasteiger partial charge in [-0.25, -0.2) is 0 Å². The first-order valence-corrected chi connectivity index (χ1v) is 4.61. The number of methoxy groups -OCH3 is 1. The van der Waals surface area contributed by atoms with Crippen molar-refractivity contribution in [3.8, 4) is 5.75 Å². The van der Waals surface area contributed by atoms with Crippen molar-refractivity contribution in [2.24, 2.45) is 0 Å². The van der Waals surface area contributed by atoms with E-state index in [2.05, 4.69) is 0 Å². The van der Waals surface area contributed by atoms with Crippen LogP contribution in [0.15, 0.2) is 24.3 Å². The number of nitrogens with zero attached hydrogens (tertiary/aromatic N) is 1. The Bertz CT molecular complexity index is 323. The van der Waals surface area contributed by atoms with Crippen molar-refractivity contribution in [3.63, 3.8) is 0 Å². The molecule has 1 amide bonds. The summed E-state index contributed by atoms with van der Waals surface area (Å²) >= 11 is 0. The average molecular weight is 193 g/mol. The van der Waals surface area contributed by atoms with Gasteiger partial charge in [-0.1, -0.05) is 6.07 Å². The topological polar surface area (TPSA) is 29.5 Å². The van der Waals surface area contributed by atoms with Gasteiger partial charge in [0.05, 0.1) is 7.11 Å². The number of hydrogen-bond donors (Lipinski definition) is 0. The van der Waals surface area contributed by atoms with Crippen LogP contribution in [-0.2, 0) is 4.79 Å². The van der Waals surface area contributed by atoms with Gasteiger partial charge in [0.15, 0.2) is 0 Å². The summed E-state index contributed by atoms with van der Waals surface area (Å²) in [5, 5.41) is 0. The fourth-order valence-electron chi connectivity index (χ4n) is 1.37. The lowest BCUT2D eigenvalue weighted by molar-refractivity contribution is -0.116. The van der Waals surface area contributed by atoms with Crippen LogP contribution in [0.4, 0.5) is 5.69 Å². The van der Waals surface area contributed by atoms with Gasteiger partial charge in [-0.2, -0.15) is 0 Å². The molecule has 1 rings (SSSR count). The van der Waals surface area contributed by atoms with Gasteiger partial charge in [0.25, 0.3) is 0 Å². The van der Waals surface area contributed by atoms with Crippen LogP contribution >= 0.6 is 0 Å². The minimum atomic E-state index is 0.0424. The maximum absolute atomic E-state index is 11.3. The third kappa shape index (κ3) is 2.25. The molecule has 0 aromatic heterocycles. The van der Waals surface area contributed by atoms with Gasteiger partial charge in [0.2, 0.25) is 5.91 Å². The maximum Gasteiger partial charge on any atom is 0.223 e. The zero-order valence-electron chi connectivity index (χ0n) is 8.78. The molecular weight excluding hydrogens is 178 g/mol. The van der Waals surface area contributed by atoms with E-state index in [4.69, 9.17) is 4.74 Å². The van der Waals surface area contributed by atoms with E-state index >= 15 is 0 Å². The van der Waals surface area contributed by atoms with Crippen LogP contribution in [0.25, 0.3) is 0 Å². The highest BCUT2D eigenvalue weighted by Gasteiger charge is 2.08. The molecule has 0 aliphatic carbocycles. The van der Waals surface area contributed by atoms with Crippen LogP contribution in [0.3, 0.4) is 0 Å². The standard InChI is InChI=1S/C11H15NO2/c1-4-12(9(2)13)10-6-5-7-11(8-10)14-3/h5-8H,4H2,1-3H3. The van der Waals surface area contributed by atoms with Crippen molar-refractivity contribution in [2.45, 2.75) is 13.8 Å². The number of carbonyl (C=O) groups excluding carboxylic acids is 1. The molecule has 0 N–H and O–H groups in total. The lowest BCUT2D eigenvalue weighted by atomic mass is 10.2. The van der Waals surface area contributed by atoms with Crippen molar-refractivity contribution in [2.75, 3.05) is 18.6 Å². The highest BCUT2D eigenvalue weighted by atomic mass is 16.5. The third-order valence-corrected chi connectivity index (χ3v) is 2.06. The quantitative estimate of drug-likeness (QED) is 0.735. The molecule has 3 heteroatoms. The SMILES string of the molecule is CCN(C(C)=O)c1cccc(OC)c1. The van der Waals surface area contributed by atoms with Gasteiger partial charge in [-0.3, -0.25) is 4.79 Å². The third-order valence-electron chi connectivity index (χ3n) is 2.06. The highest BCUT2D eigenvalue weighted by molar-refractivity contribution is 5.91. The Morgan fingerprint density at radius 2 is 2.21 bits per heavy atom. The fraction of sp³-hybridized carbons (Fsp3) is 0.364. The summed E-state index contributed by atoms with van der Waals surface area (Å²) in [5.41, 5.74) is 0.874. The second-order valence-corrected chi connectivity index (χ2v) is 2.96. The molecule has 0 saturated carbocycles. The van der Waals surface area contributed by atoms with Crippen molar-refractivity contribution in [1.82, 2.24) is 0 Å². The molecular formula is C11H15NO2. The second kappa shape index (κ2) is 4.65. The molecule has 0 aliphatic rings. The number of hydrogen-bond acceptors (Lipinski definition) is 2. The summed E-state index contributed by atoms with van der Waals surface area (Å²) in [6.45, 7) is 4.17. The first-order valence-electron chi connectivity index (χ1n) is 4.61. The van der Waals surface area contributed by atoms with E-state index in [0.29, 0.717) is 6.54 Å². The molecule has 3 nitrogen and oxygen atoms in total. The van der Waals surface area contributed by atoms with Crippen molar-refractivity contribution >= 4 is 11.6 Å². The Labute approximate surface area is 84.3 Å². The van der Waals surface area contributed by atoms with Crippen LogP contribution < -0.4 is 9.64 Å². The molecule has 0 saturated heterocycles. The van der Waals surface area contributed by atoms with Crippen LogP contribution in [0.5, 0.6) is 5.75 Å². The van der Waals surface area contributed by atoms with E-state index in [9.17, 15) is 4.79 Å². The number of ether oxygens (including phenoxy) is 1. The normalized spacial score (nSPS) is 9.64. The summed E-state index contributed by atoms with van der Waals surface area (Å²) in [6.07, 6.45) is 0. The van der Waals surface area contributed by atoms with Crippen molar-refractivity contribution < 1.29 is 9.53 Å². The van der Waals surface area contributed by atoms with Gasteiger partial charge < -0.3 is 9.64 Å². The van der Waals surface area contributed by atoms with Crippen LogP contribution in [0.1, 0.15) is 13.8 Å². The van der Waals surface area contributed by atoms with E-state index < -0.39 is 0 Å². The number of anilines is 1. The molecule has 1 aromatic rings. The van der Waals surface area contributed by atoms with Gasteiger partial charge in [0, 0.05) is 25.2 Å². The van der Waals surface area contributed by atoms with E-state index in [1.807, 2.05) is 31.2 Å². The minimum Gasteiger partial charge on any atom is -0.497 e. The molecule has 0 radical (unpaired) electrons. The predicted molar refractivity (Wildman–Crippen MR) is 56.7 cm³/mol. The molecule has 0 aliphatic heterocycles. The summed E-state index contributed by atoms with van der Waals surface area (Å²) in [7, 11) is 1.61. The largest absolute Gasteiger partial charge is 0.497 e. The molecule has 0 atom stereocenters. The van der Waals surface area contributed by atoms with Crippen LogP contribution in [-0.4, -0.2) is 19.6 Å². The van der Waals surface area contributed by atoms with Crippen LogP contribution in [0, 0.1) is 0 Å².